The molecule has 0 unspecified atom stereocenters. The average molecular weight is 411 g/mol. The third-order valence-corrected chi connectivity index (χ3v) is 5.93. The minimum Gasteiger partial charge on any atom is -0.429 e. The molecule has 1 N–H and O–H groups in total. The van der Waals surface area contributed by atoms with Gasteiger partial charge in [0.15, 0.2) is 5.58 Å². The van der Waals surface area contributed by atoms with Gasteiger partial charge in [0.2, 0.25) is 5.91 Å². The van der Waals surface area contributed by atoms with Crippen LogP contribution in [0.5, 0.6) is 0 Å². The summed E-state index contributed by atoms with van der Waals surface area (Å²) in [6, 6.07) is 13.9. The maximum absolute atomic E-state index is 12.5. The van der Waals surface area contributed by atoms with Gasteiger partial charge in [-0.15, -0.1) is 0 Å². The van der Waals surface area contributed by atoms with Crippen molar-refractivity contribution in [1.82, 2.24) is 14.4 Å². The number of carbonyl (C=O) groups is 1. The second-order valence-electron chi connectivity index (χ2n) is 7.59. The third-order valence-electron chi connectivity index (χ3n) is 5.63. The molecule has 0 saturated carbocycles. The second kappa shape index (κ2) is 8.49. The van der Waals surface area contributed by atoms with Gasteiger partial charge in [-0.2, -0.15) is 0 Å². The van der Waals surface area contributed by atoms with Crippen LogP contribution >= 0.6 is 12.2 Å². The van der Waals surface area contributed by atoms with Crippen molar-refractivity contribution in [3.63, 3.8) is 0 Å². The van der Waals surface area contributed by atoms with E-state index in [1.807, 2.05) is 47.9 Å². The molecule has 1 amide bonds. The Bertz CT molecular complexity index is 1080. The molecule has 29 heavy (non-hydrogen) atoms. The number of carbonyl (C=O) groups excluding carboxylic acids is 1. The zero-order valence-corrected chi connectivity index (χ0v) is 17.7. The smallest absolute Gasteiger partial charge is 0.270 e. The van der Waals surface area contributed by atoms with E-state index in [1.54, 1.807) is 0 Å². The van der Waals surface area contributed by atoms with Gasteiger partial charge in [0.1, 0.15) is 0 Å². The number of anilines is 1. The number of piperazine rings is 1. The lowest BCUT2D eigenvalue weighted by atomic mass is 10.1. The van der Waals surface area contributed by atoms with E-state index in [4.69, 9.17) is 16.6 Å². The van der Waals surface area contributed by atoms with E-state index in [-0.39, 0.29) is 5.91 Å². The molecule has 0 bridgehead atoms. The molecule has 2 aromatic carbocycles. The van der Waals surface area contributed by atoms with Crippen molar-refractivity contribution in [2.75, 3.05) is 38.0 Å². The van der Waals surface area contributed by atoms with Crippen LogP contribution in [0.15, 0.2) is 46.9 Å². The van der Waals surface area contributed by atoms with Crippen LogP contribution < -0.4 is 5.32 Å². The van der Waals surface area contributed by atoms with E-state index < -0.39 is 0 Å². The lowest BCUT2D eigenvalue weighted by molar-refractivity contribution is -0.117. The summed E-state index contributed by atoms with van der Waals surface area (Å²) in [6.45, 7) is 8.68. The summed E-state index contributed by atoms with van der Waals surface area (Å²) in [5.41, 5.74) is 5.04. The number of aromatic nitrogens is 1. The fourth-order valence-electron chi connectivity index (χ4n) is 3.72. The number of fused-ring (bicyclic) bond motifs is 1. The Morgan fingerprint density at radius 2 is 1.76 bits per heavy atom. The van der Waals surface area contributed by atoms with Crippen LogP contribution in [0.1, 0.15) is 11.1 Å². The van der Waals surface area contributed by atoms with Crippen LogP contribution in [0, 0.1) is 18.7 Å². The highest BCUT2D eigenvalue weighted by atomic mass is 32.1. The largest absolute Gasteiger partial charge is 0.429 e. The summed E-state index contributed by atoms with van der Waals surface area (Å²) in [4.78, 5) is 17.5. The van der Waals surface area contributed by atoms with Crippen molar-refractivity contribution in [2.24, 2.45) is 0 Å². The minimum atomic E-state index is 0.0372. The van der Waals surface area contributed by atoms with Crippen molar-refractivity contribution in [2.45, 2.75) is 20.5 Å². The standard InChI is InChI=1S/C22H26N4O2S/c1-16-6-5-7-18(17(16)2)23-21(27)14-24-10-12-25(13-11-24)15-26-19-8-3-4-9-20(19)28-22(26)29/h3-9H,10-15H2,1-2H3,(H,23,27). The van der Waals surface area contributed by atoms with Gasteiger partial charge in [0.25, 0.3) is 4.84 Å². The van der Waals surface area contributed by atoms with E-state index >= 15 is 0 Å². The van der Waals surface area contributed by atoms with Gasteiger partial charge in [-0.05, 0) is 55.4 Å². The highest BCUT2D eigenvalue weighted by molar-refractivity contribution is 7.71. The molecule has 0 atom stereocenters. The zero-order valence-electron chi connectivity index (χ0n) is 16.9. The summed E-state index contributed by atoms with van der Waals surface area (Å²) in [5, 5.41) is 3.05. The Hall–Kier alpha value is -2.48. The summed E-state index contributed by atoms with van der Waals surface area (Å²) < 4.78 is 7.71. The van der Waals surface area contributed by atoms with Gasteiger partial charge in [-0.3, -0.25) is 19.2 Å². The number of benzene rings is 2. The SMILES string of the molecule is Cc1cccc(NC(=O)CN2CCN(Cn3c(=S)oc4ccccc43)CC2)c1C. The number of oxazole rings is 1. The highest BCUT2D eigenvalue weighted by Crippen LogP contribution is 2.19. The van der Waals surface area contributed by atoms with Crippen LogP contribution in [0.25, 0.3) is 11.1 Å². The number of rotatable bonds is 5. The molecule has 1 fully saturated rings. The Morgan fingerprint density at radius 3 is 2.55 bits per heavy atom. The van der Waals surface area contributed by atoms with Gasteiger partial charge in [-0.25, -0.2) is 0 Å². The normalized spacial score (nSPS) is 15.7. The number of nitrogens with one attached hydrogen (secondary N) is 1. The predicted octanol–water partition coefficient (Wildman–Crippen LogP) is 3.79. The fraction of sp³-hybridized carbons (Fsp3) is 0.364. The highest BCUT2D eigenvalue weighted by Gasteiger charge is 2.20. The van der Waals surface area contributed by atoms with E-state index in [2.05, 4.69) is 28.1 Å². The Labute approximate surface area is 175 Å². The third kappa shape index (κ3) is 4.42. The van der Waals surface area contributed by atoms with Gasteiger partial charge in [-0.1, -0.05) is 24.3 Å². The molecule has 1 aliphatic heterocycles. The Kier molecular flexibility index (Phi) is 5.80. The quantitative estimate of drug-likeness (QED) is 0.649. The van der Waals surface area contributed by atoms with Gasteiger partial charge in [0, 0.05) is 31.9 Å². The lowest BCUT2D eigenvalue weighted by Gasteiger charge is -2.34. The zero-order chi connectivity index (χ0) is 20.4. The monoisotopic (exact) mass is 410 g/mol. The van der Waals surface area contributed by atoms with Crippen molar-refractivity contribution in [3.8, 4) is 0 Å². The summed E-state index contributed by atoms with van der Waals surface area (Å²) in [7, 11) is 0. The first kappa shape index (κ1) is 19.8. The van der Waals surface area contributed by atoms with Crippen molar-refractivity contribution >= 4 is 34.9 Å². The molecule has 6 nitrogen and oxygen atoms in total. The first-order chi connectivity index (χ1) is 14.0. The fourth-order valence-corrected chi connectivity index (χ4v) is 3.96. The van der Waals surface area contributed by atoms with Gasteiger partial charge < -0.3 is 9.73 Å². The second-order valence-corrected chi connectivity index (χ2v) is 7.94. The average Bonchev–Trinajstić information content (AvgIpc) is 3.02. The number of para-hydroxylation sites is 2. The predicted molar refractivity (Wildman–Crippen MR) is 118 cm³/mol. The Balaban J connectivity index is 1.31. The van der Waals surface area contributed by atoms with Crippen LogP contribution in [-0.2, 0) is 11.5 Å². The first-order valence-electron chi connectivity index (χ1n) is 9.90. The molecule has 1 aromatic heterocycles. The Morgan fingerprint density at radius 1 is 1.03 bits per heavy atom. The number of aryl methyl sites for hydroxylation is 1. The molecule has 1 aliphatic rings. The number of nitrogens with zero attached hydrogens (tertiary/aromatic N) is 3. The molecule has 1 saturated heterocycles. The van der Waals surface area contributed by atoms with Crippen LogP contribution in [0.4, 0.5) is 5.69 Å². The molecular weight excluding hydrogens is 384 g/mol. The maximum atomic E-state index is 12.5. The molecule has 0 spiro atoms. The first-order valence-corrected chi connectivity index (χ1v) is 10.3. The van der Waals surface area contributed by atoms with Crippen molar-refractivity contribution in [3.05, 3.63) is 58.4 Å². The minimum absolute atomic E-state index is 0.0372. The van der Waals surface area contributed by atoms with E-state index in [0.717, 1.165) is 48.5 Å². The molecule has 7 heteroatoms. The molecule has 0 radical (unpaired) electrons. The van der Waals surface area contributed by atoms with Crippen molar-refractivity contribution < 1.29 is 9.21 Å². The molecule has 3 aromatic rings. The summed E-state index contributed by atoms with van der Waals surface area (Å²) in [6.07, 6.45) is 0. The summed E-state index contributed by atoms with van der Waals surface area (Å²) >= 11 is 5.39. The molecule has 4 rings (SSSR count). The maximum Gasteiger partial charge on any atom is 0.270 e. The molecule has 2 heterocycles. The number of hydrogen-bond acceptors (Lipinski definition) is 5. The molecular formula is C22H26N4O2S. The molecule has 152 valence electrons. The van der Waals surface area contributed by atoms with Crippen molar-refractivity contribution in [1.29, 1.82) is 0 Å². The molecule has 0 aliphatic carbocycles. The van der Waals surface area contributed by atoms with E-state index in [9.17, 15) is 4.79 Å². The van der Waals surface area contributed by atoms with Gasteiger partial charge >= 0.3 is 0 Å². The lowest BCUT2D eigenvalue weighted by Crippen LogP contribution is -2.48. The topological polar surface area (TPSA) is 53.7 Å². The number of hydrogen-bond donors (Lipinski definition) is 1. The van der Waals surface area contributed by atoms with Gasteiger partial charge in [0.05, 0.1) is 18.7 Å². The van der Waals surface area contributed by atoms with Crippen LogP contribution in [0.2, 0.25) is 0 Å². The van der Waals surface area contributed by atoms with Crippen LogP contribution in [-0.4, -0.2) is 53.0 Å². The number of amides is 1. The van der Waals surface area contributed by atoms with Crippen LogP contribution in [0.3, 0.4) is 0 Å². The van der Waals surface area contributed by atoms with E-state index in [0.29, 0.717) is 18.1 Å². The van der Waals surface area contributed by atoms with E-state index in [1.165, 1.54) is 5.56 Å². The summed E-state index contributed by atoms with van der Waals surface area (Å²) in [5.74, 6) is 0.0372.